The minimum atomic E-state index is -1.97. The van der Waals surface area contributed by atoms with E-state index in [0.29, 0.717) is 17.8 Å². The van der Waals surface area contributed by atoms with Crippen molar-refractivity contribution in [1.29, 1.82) is 0 Å². The lowest BCUT2D eigenvalue weighted by Crippen LogP contribution is -2.66. The zero-order valence-electron chi connectivity index (χ0n) is 20.0. The van der Waals surface area contributed by atoms with Crippen LogP contribution in [0.5, 0.6) is 0 Å². The Bertz CT molecular complexity index is 744. The van der Waals surface area contributed by atoms with Crippen LogP contribution in [0.1, 0.15) is 73.1 Å². The van der Waals surface area contributed by atoms with Crippen molar-refractivity contribution in [2.45, 2.75) is 115 Å². The first-order valence-electron chi connectivity index (χ1n) is 12.2. The number of hydrogen-bond acceptors (Lipinski definition) is 4. The molecule has 5 rings (SSSR count). The number of aliphatic hydroxyl groups excluding tert-OH is 1. The lowest BCUT2D eigenvalue weighted by Gasteiger charge is -2.62. The summed E-state index contributed by atoms with van der Waals surface area (Å²) in [6.45, 7) is 16.5. The zero-order chi connectivity index (χ0) is 21.7. The highest BCUT2D eigenvalue weighted by Crippen LogP contribution is 2.70. The topological polar surface area (TPSA) is 47.9 Å². The van der Waals surface area contributed by atoms with Crippen molar-refractivity contribution in [2.75, 3.05) is 0 Å². The van der Waals surface area contributed by atoms with Gasteiger partial charge in [0.25, 0.3) is 0 Å². The Kier molecular flexibility index (Phi) is 4.56. The molecule has 2 heterocycles. The number of fused-ring (bicyclic) bond motifs is 5. The summed E-state index contributed by atoms with van der Waals surface area (Å²) in [5, 5.41) is 11.0. The molecule has 1 N–H and O–H groups in total. The Balaban J connectivity index is 1.57. The minimum Gasteiger partial charge on any atom is -0.473 e. The largest absolute Gasteiger partial charge is 0.473 e. The fourth-order valence-corrected chi connectivity index (χ4v) is 9.23. The van der Waals surface area contributed by atoms with Gasteiger partial charge in [0.2, 0.25) is 6.29 Å². The Hall–Kier alpha value is -0.363. The predicted octanol–water partition coefficient (Wildman–Crippen LogP) is 5.62. The maximum Gasteiger partial charge on any atom is 0.200 e. The summed E-state index contributed by atoms with van der Waals surface area (Å²) in [6.07, 6.45) is 10.3. The summed E-state index contributed by atoms with van der Waals surface area (Å²) < 4.78 is 19.8. The number of hydrogen-bond donors (Lipinski definition) is 1. The average Bonchev–Trinajstić information content (AvgIpc) is 3.05. The summed E-state index contributed by atoms with van der Waals surface area (Å²) >= 11 is 0. The van der Waals surface area contributed by atoms with E-state index >= 15 is 0 Å². The van der Waals surface area contributed by atoms with Crippen molar-refractivity contribution >= 4 is 8.32 Å². The second-order valence-corrected chi connectivity index (χ2v) is 17.8. The maximum atomic E-state index is 10.9. The molecule has 170 valence electrons. The van der Waals surface area contributed by atoms with E-state index in [4.69, 9.17) is 13.9 Å². The standard InChI is InChI=1S/C25H42O4Si/c1-22(2,3)30(6,7)29-20-14-16-17-8-9-19(26)23(17,4)11-10-18(16)24(5)15-21-27-13-12-25(20,24)28-21/h12-13,16-21,26H,8-11,14-15H2,1-7H3/t16-,17-,18-,19-,20-,21+,23-,24+,25-/m0/s1. The second kappa shape index (κ2) is 6.36. The van der Waals surface area contributed by atoms with E-state index in [1.165, 1.54) is 6.42 Å². The Morgan fingerprint density at radius 1 is 1.10 bits per heavy atom. The molecule has 5 heteroatoms. The van der Waals surface area contributed by atoms with Gasteiger partial charge in [0.1, 0.15) is 5.60 Å². The third-order valence-electron chi connectivity index (χ3n) is 10.8. The van der Waals surface area contributed by atoms with Gasteiger partial charge in [-0.3, -0.25) is 0 Å². The van der Waals surface area contributed by atoms with Gasteiger partial charge in [0.05, 0.1) is 18.5 Å². The van der Waals surface area contributed by atoms with Gasteiger partial charge < -0.3 is 19.0 Å². The van der Waals surface area contributed by atoms with Crippen molar-refractivity contribution in [3.63, 3.8) is 0 Å². The summed E-state index contributed by atoms with van der Waals surface area (Å²) in [7, 11) is -1.97. The van der Waals surface area contributed by atoms with E-state index in [1.807, 2.05) is 6.26 Å². The number of aliphatic hydroxyl groups is 1. The lowest BCUT2D eigenvalue weighted by atomic mass is 9.45. The molecule has 1 spiro atoms. The van der Waals surface area contributed by atoms with Crippen molar-refractivity contribution in [2.24, 2.45) is 28.6 Å². The van der Waals surface area contributed by atoms with Gasteiger partial charge in [-0.1, -0.05) is 34.6 Å². The third-order valence-corrected chi connectivity index (χ3v) is 15.3. The number of ether oxygens (including phenoxy) is 2. The van der Waals surface area contributed by atoms with Gasteiger partial charge in [-0.25, -0.2) is 0 Å². The quantitative estimate of drug-likeness (QED) is 0.573. The summed E-state index contributed by atoms with van der Waals surface area (Å²) in [5.41, 5.74) is -0.280. The molecule has 0 amide bonds. The van der Waals surface area contributed by atoms with Crippen LogP contribution in [0.25, 0.3) is 0 Å². The molecule has 0 unspecified atom stereocenters. The molecule has 2 aliphatic heterocycles. The molecule has 0 aromatic heterocycles. The SMILES string of the molecule is CC(C)(C)[Si](C)(C)O[C@H]1C[C@H]2[C@@H]3CC[C@H](O)[C@@]3(C)CC[C@@H]2[C@@]2(C)C[C@@H]3OC=C[C@]12O3. The van der Waals surface area contributed by atoms with Crippen LogP contribution in [0.3, 0.4) is 0 Å². The van der Waals surface area contributed by atoms with Gasteiger partial charge in [-0.2, -0.15) is 0 Å². The maximum absolute atomic E-state index is 10.9. The van der Waals surface area contributed by atoms with E-state index in [9.17, 15) is 5.11 Å². The van der Waals surface area contributed by atoms with Gasteiger partial charge in [0, 0.05) is 11.8 Å². The average molecular weight is 435 g/mol. The van der Waals surface area contributed by atoms with Crippen LogP contribution in [-0.4, -0.2) is 37.5 Å². The van der Waals surface area contributed by atoms with Crippen LogP contribution in [0, 0.1) is 28.6 Å². The van der Waals surface area contributed by atoms with Gasteiger partial charge in [0.15, 0.2) is 8.32 Å². The summed E-state index contributed by atoms with van der Waals surface area (Å²) in [6, 6.07) is 0. The fourth-order valence-electron chi connectivity index (χ4n) is 7.90. The molecule has 2 bridgehead atoms. The van der Waals surface area contributed by atoms with Crippen molar-refractivity contribution < 1.29 is 19.0 Å². The highest BCUT2D eigenvalue weighted by molar-refractivity contribution is 6.74. The zero-order valence-corrected chi connectivity index (χ0v) is 21.0. The Labute approximate surface area is 183 Å². The van der Waals surface area contributed by atoms with Gasteiger partial charge >= 0.3 is 0 Å². The molecular weight excluding hydrogens is 392 g/mol. The molecule has 4 fully saturated rings. The highest BCUT2D eigenvalue weighted by Gasteiger charge is 2.72. The lowest BCUT2D eigenvalue weighted by molar-refractivity contribution is -0.227. The minimum absolute atomic E-state index is 0.0233. The van der Waals surface area contributed by atoms with Gasteiger partial charge in [-0.15, -0.1) is 0 Å². The first-order chi connectivity index (χ1) is 13.8. The highest BCUT2D eigenvalue weighted by atomic mass is 28.4. The second-order valence-electron chi connectivity index (χ2n) is 13.0. The van der Waals surface area contributed by atoms with Crippen LogP contribution in [0.15, 0.2) is 12.3 Å². The van der Waals surface area contributed by atoms with Crippen molar-refractivity contribution in [3.05, 3.63) is 12.3 Å². The van der Waals surface area contributed by atoms with Crippen LogP contribution < -0.4 is 0 Å². The summed E-state index contributed by atoms with van der Waals surface area (Å²) in [5.74, 6) is 1.80. The smallest absolute Gasteiger partial charge is 0.200 e. The molecule has 5 aliphatic rings. The van der Waals surface area contributed by atoms with Gasteiger partial charge in [-0.05, 0) is 79.5 Å². The normalized spacial score (nSPS) is 52.4. The van der Waals surface area contributed by atoms with Crippen LogP contribution >= 0.6 is 0 Å². The van der Waals surface area contributed by atoms with E-state index < -0.39 is 8.32 Å². The van der Waals surface area contributed by atoms with E-state index in [-0.39, 0.29) is 40.0 Å². The molecule has 0 aromatic rings. The first-order valence-corrected chi connectivity index (χ1v) is 15.1. The fraction of sp³-hybridized carbons (Fsp3) is 0.920. The van der Waals surface area contributed by atoms with Crippen molar-refractivity contribution in [3.8, 4) is 0 Å². The molecule has 3 aliphatic carbocycles. The molecule has 3 saturated carbocycles. The van der Waals surface area contributed by atoms with Crippen LogP contribution in [0.4, 0.5) is 0 Å². The molecule has 9 atom stereocenters. The Morgan fingerprint density at radius 2 is 1.83 bits per heavy atom. The molecule has 30 heavy (non-hydrogen) atoms. The third kappa shape index (κ3) is 2.61. The van der Waals surface area contributed by atoms with Crippen LogP contribution in [0.2, 0.25) is 18.1 Å². The molecule has 0 radical (unpaired) electrons. The monoisotopic (exact) mass is 434 g/mol. The summed E-state index contributed by atoms with van der Waals surface area (Å²) in [4.78, 5) is 0. The number of rotatable bonds is 2. The Morgan fingerprint density at radius 3 is 2.53 bits per heavy atom. The molecule has 0 aromatic carbocycles. The molecular formula is C25H42O4Si. The van der Waals surface area contributed by atoms with E-state index in [0.717, 1.165) is 32.1 Å². The molecule has 1 saturated heterocycles. The predicted molar refractivity (Wildman–Crippen MR) is 120 cm³/mol. The van der Waals surface area contributed by atoms with E-state index in [2.05, 4.69) is 53.8 Å². The molecule has 4 nitrogen and oxygen atoms in total. The van der Waals surface area contributed by atoms with Crippen LogP contribution in [-0.2, 0) is 13.9 Å². The van der Waals surface area contributed by atoms with E-state index in [1.54, 1.807) is 0 Å². The van der Waals surface area contributed by atoms with Crippen molar-refractivity contribution in [1.82, 2.24) is 0 Å². The first kappa shape index (κ1) is 21.5.